The Morgan fingerprint density at radius 1 is 1.22 bits per heavy atom. The Morgan fingerprint density at radius 3 is 1.56 bits per heavy atom. The van der Waals surface area contributed by atoms with E-state index in [9.17, 15) is 13.2 Å². The minimum Gasteiger partial charge on any atom is -0.168 e. The average Bonchev–Trinajstić information content (AvgIpc) is 1.64. The minimum absolute atomic E-state index is 0.334. The highest BCUT2D eigenvalue weighted by molar-refractivity contribution is 6.49. The summed E-state index contributed by atoms with van der Waals surface area (Å²) in [4.78, 5) is 0. The molecule has 0 aliphatic carbocycles. The molecule has 0 aliphatic rings. The van der Waals surface area contributed by atoms with E-state index in [2.05, 4.69) is 0 Å². The van der Waals surface area contributed by atoms with E-state index >= 15 is 0 Å². The summed E-state index contributed by atoms with van der Waals surface area (Å²) in [5.74, 6) is 0. The van der Waals surface area contributed by atoms with Crippen molar-refractivity contribution in [1.82, 2.24) is 0 Å². The molecule has 0 saturated heterocycles. The minimum atomic E-state index is -4.52. The van der Waals surface area contributed by atoms with Crippen molar-refractivity contribution in [1.29, 1.82) is 0 Å². The molecule has 0 aromatic rings. The molecule has 0 atom stereocenters. The summed E-state index contributed by atoms with van der Waals surface area (Å²) in [6.07, 6.45) is -4.86. The van der Waals surface area contributed by atoms with Crippen LogP contribution in [-0.2, 0) is 0 Å². The molecule has 9 heavy (non-hydrogen) atoms. The van der Waals surface area contributed by atoms with Crippen LogP contribution in [0.3, 0.4) is 0 Å². The summed E-state index contributed by atoms with van der Waals surface area (Å²) >= 11 is 9.67. The Balaban J connectivity index is 4.14. The number of alkyl halides is 5. The highest BCUT2D eigenvalue weighted by Crippen LogP contribution is 2.41. The van der Waals surface area contributed by atoms with Crippen LogP contribution in [0.1, 0.15) is 13.3 Å². The second kappa shape index (κ2) is 2.54. The number of rotatable bonds is 1. The second-order valence-electron chi connectivity index (χ2n) is 1.56. The Bertz CT molecular complexity index is 96.5. The maximum atomic E-state index is 11.6. The third-order valence-electron chi connectivity index (χ3n) is 0.859. The zero-order chi connectivity index (χ0) is 7.71. The lowest BCUT2D eigenvalue weighted by Crippen LogP contribution is -2.32. The fraction of sp³-hybridized carbons (Fsp3) is 1.00. The first-order chi connectivity index (χ1) is 3.81. The zero-order valence-corrected chi connectivity index (χ0v) is 6.11. The molecule has 0 heterocycles. The molecule has 0 rings (SSSR count). The molecule has 0 amide bonds. The molecule has 0 aromatic carbocycles. The largest absolute Gasteiger partial charge is 0.421 e. The molecule has 0 N–H and O–H groups in total. The first-order valence-electron chi connectivity index (χ1n) is 2.26. The van der Waals surface area contributed by atoms with Gasteiger partial charge < -0.3 is 0 Å². The van der Waals surface area contributed by atoms with Gasteiger partial charge in [-0.2, -0.15) is 13.2 Å². The van der Waals surface area contributed by atoms with Gasteiger partial charge in [0.1, 0.15) is 0 Å². The van der Waals surface area contributed by atoms with E-state index in [0.29, 0.717) is 0 Å². The van der Waals surface area contributed by atoms with Gasteiger partial charge in [0.2, 0.25) is 4.33 Å². The second-order valence-corrected chi connectivity index (χ2v) is 3.04. The first-order valence-corrected chi connectivity index (χ1v) is 3.01. The third kappa shape index (κ3) is 2.22. The van der Waals surface area contributed by atoms with E-state index in [4.69, 9.17) is 23.2 Å². The number of hydrogen-bond acceptors (Lipinski definition) is 0. The van der Waals surface area contributed by atoms with Gasteiger partial charge in [-0.25, -0.2) is 0 Å². The van der Waals surface area contributed by atoms with Crippen molar-refractivity contribution >= 4 is 23.2 Å². The van der Waals surface area contributed by atoms with E-state index in [1.165, 1.54) is 6.92 Å². The standard InChI is InChI=1S/C4H5Cl2F3/c1-2-3(5,6)4(7,8)9/h2H2,1H3. The van der Waals surface area contributed by atoms with Crippen LogP contribution >= 0.6 is 23.2 Å². The lowest BCUT2D eigenvalue weighted by Gasteiger charge is -2.20. The Morgan fingerprint density at radius 2 is 1.56 bits per heavy atom. The summed E-state index contributed by atoms with van der Waals surface area (Å²) in [7, 11) is 0. The van der Waals surface area contributed by atoms with Crippen LogP contribution < -0.4 is 0 Å². The molecule has 0 spiro atoms. The fourth-order valence-electron chi connectivity index (χ4n) is 0.200. The molecule has 0 nitrogen and oxygen atoms in total. The molecule has 0 aliphatic heterocycles. The van der Waals surface area contributed by atoms with Crippen molar-refractivity contribution in [2.75, 3.05) is 0 Å². The van der Waals surface area contributed by atoms with Gasteiger partial charge in [-0.05, 0) is 6.42 Å². The Labute approximate surface area is 60.9 Å². The molecule has 0 bridgehead atoms. The van der Waals surface area contributed by atoms with Crippen LogP contribution in [0, 0.1) is 0 Å². The molecule has 0 fully saturated rings. The lowest BCUT2D eigenvalue weighted by molar-refractivity contribution is -0.141. The third-order valence-corrected chi connectivity index (χ3v) is 1.82. The topological polar surface area (TPSA) is 0 Å². The molecule has 0 radical (unpaired) electrons. The molecule has 5 heteroatoms. The monoisotopic (exact) mass is 180 g/mol. The van der Waals surface area contributed by atoms with Crippen molar-refractivity contribution < 1.29 is 13.2 Å². The first kappa shape index (κ1) is 9.37. The van der Waals surface area contributed by atoms with E-state index in [0.717, 1.165) is 0 Å². The van der Waals surface area contributed by atoms with Crippen LogP contribution in [-0.4, -0.2) is 10.5 Å². The molecule has 0 unspecified atom stereocenters. The number of halogens is 5. The smallest absolute Gasteiger partial charge is 0.168 e. The van der Waals surface area contributed by atoms with Gasteiger partial charge in [0.25, 0.3) is 0 Å². The van der Waals surface area contributed by atoms with Crippen LogP contribution in [0.2, 0.25) is 0 Å². The van der Waals surface area contributed by atoms with E-state index < -0.39 is 10.5 Å². The van der Waals surface area contributed by atoms with Crippen LogP contribution in [0.4, 0.5) is 13.2 Å². The van der Waals surface area contributed by atoms with Crippen LogP contribution in [0.25, 0.3) is 0 Å². The van der Waals surface area contributed by atoms with Gasteiger partial charge in [-0.1, -0.05) is 30.1 Å². The van der Waals surface area contributed by atoms with Crippen molar-refractivity contribution in [3.63, 3.8) is 0 Å². The van der Waals surface area contributed by atoms with Crippen molar-refractivity contribution in [3.8, 4) is 0 Å². The van der Waals surface area contributed by atoms with Gasteiger partial charge >= 0.3 is 6.18 Å². The normalized spacial score (nSPS) is 14.0. The average molecular weight is 181 g/mol. The quantitative estimate of drug-likeness (QED) is 0.545. The fourth-order valence-corrected chi connectivity index (χ4v) is 0.200. The van der Waals surface area contributed by atoms with Gasteiger partial charge in [-0.15, -0.1) is 0 Å². The van der Waals surface area contributed by atoms with E-state index in [1.807, 2.05) is 0 Å². The Kier molecular flexibility index (Phi) is 2.65. The van der Waals surface area contributed by atoms with E-state index in [1.54, 1.807) is 0 Å². The SMILES string of the molecule is CCC(Cl)(Cl)C(F)(F)F. The van der Waals surface area contributed by atoms with Crippen LogP contribution in [0.15, 0.2) is 0 Å². The van der Waals surface area contributed by atoms with Gasteiger partial charge in [0.05, 0.1) is 0 Å². The van der Waals surface area contributed by atoms with Gasteiger partial charge in [-0.3, -0.25) is 0 Å². The maximum Gasteiger partial charge on any atom is 0.421 e. The molecule has 56 valence electrons. The summed E-state index contributed by atoms with van der Waals surface area (Å²) in [6.45, 7) is 1.27. The van der Waals surface area contributed by atoms with Gasteiger partial charge in [0, 0.05) is 0 Å². The summed E-state index contributed by atoms with van der Waals surface area (Å²) in [5.41, 5.74) is 0. The summed E-state index contributed by atoms with van der Waals surface area (Å²) in [5, 5.41) is 0. The van der Waals surface area contributed by atoms with E-state index in [-0.39, 0.29) is 6.42 Å². The van der Waals surface area contributed by atoms with Crippen LogP contribution in [0.5, 0.6) is 0 Å². The highest BCUT2D eigenvalue weighted by atomic mass is 35.5. The van der Waals surface area contributed by atoms with Crippen molar-refractivity contribution in [2.45, 2.75) is 23.9 Å². The summed E-state index contributed by atoms with van der Waals surface area (Å²) in [6, 6.07) is 0. The maximum absolute atomic E-state index is 11.6. The van der Waals surface area contributed by atoms with Gasteiger partial charge in [0.15, 0.2) is 0 Å². The highest BCUT2D eigenvalue weighted by Gasteiger charge is 2.50. The molecular formula is C4H5Cl2F3. The lowest BCUT2D eigenvalue weighted by atomic mass is 10.3. The van der Waals surface area contributed by atoms with Crippen molar-refractivity contribution in [2.24, 2.45) is 0 Å². The molecule has 0 aromatic heterocycles. The molecule has 0 saturated carbocycles. The number of hydrogen-bond donors (Lipinski definition) is 0. The molecular weight excluding hydrogens is 176 g/mol. The summed E-state index contributed by atoms with van der Waals surface area (Å²) < 4.78 is 32.1. The zero-order valence-electron chi connectivity index (χ0n) is 4.60. The predicted octanol–water partition coefficient (Wildman–Crippen LogP) is 3.13. The van der Waals surface area contributed by atoms with Crippen molar-refractivity contribution in [3.05, 3.63) is 0 Å². The Hall–Kier alpha value is 0.370. The predicted molar refractivity (Wildman–Crippen MR) is 30.8 cm³/mol.